The van der Waals surface area contributed by atoms with Crippen molar-refractivity contribution in [2.24, 2.45) is 17.8 Å². The van der Waals surface area contributed by atoms with Gasteiger partial charge in [-0.15, -0.1) is 0 Å². The van der Waals surface area contributed by atoms with Crippen LogP contribution in [0.3, 0.4) is 0 Å². The lowest BCUT2D eigenvalue weighted by molar-refractivity contribution is -0.149. The Kier molecular flexibility index (Phi) is 5.26. The molecule has 0 amide bonds. The molecule has 0 aromatic heterocycles. The van der Waals surface area contributed by atoms with Crippen LogP contribution in [0.2, 0.25) is 0 Å². The van der Waals surface area contributed by atoms with Crippen molar-refractivity contribution >= 4 is 5.97 Å². The monoisotopic (exact) mass is 228 g/mol. The molecule has 0 radical (unpaired) electrons. The summed E-state index contributed by atoms with van der Waals surface area (Å²) in [7, 11) is 0. The van der Waals surface area contributed by atoms with Crippen LogP contribution in [0.5, 0.6) is 0 Å². The first kappa shape index (κ1) is 13.5. The van der Waals surface area contributed by atoms with Crippen LogP contribution in [0.15, 0.2) is 0 Å². The van der Waals surface area contributed by atoms with Crippen molar-refractivity contribution < 1.29 is 15.0 Å². The minimum absolute atomic E-state index is 0.00393. The maximum Gasteiger partial charge on any atom is 0.309 e. The summed E-state index contributed by atoms with van der Waals surface area (Å²) in [6.07, 6.45) is 6.01. The van der Waals surface area contributed by atoms with Gasteiger partial charge in [-0.3, -0.25) is 4.79 Å². The summed E-state index contributed by atoms with van der Waals surface area (Å²) >= 11 is 0. The van der Waals surface area contributed by atoms with E-state index in [2.05, 4.69) is 0 Å². The van der Waals surface area contributed by atoms with E-state index in [9.17, 15) is 9.90 Å². The third-order valence-electron chi connectivity index (χ3n) is 3.75. The van der Waals surface area contributed by atoms with E-state index in [1.54, 1.807) is 0 Å². The quantitative estimate of drug-likeness (QED) is 0.727. The van der Waals surface area contributed by atoms with Crippen molar-refractivity contribution in [3.05, 3.63) is 0 Å². The van der Waals surface area contributed by atoms with Crippen LogP contribution >= 0.6 is 0 Å². The molecular weight excluding hydrogens is 204 g/mol. The lowest BCUT2D eigenvalue weighted by atomic mass is 9.80. The van der Waals surface area contributed by atoms with E-state index in [0.717, 1.165) is 25.7 Å². The molecule has 3 nitrogen and oxygen atoms in total. The molecule has 1 saturated carbocycles. The zero-order valence-corrected chi connectivity index (χ0v) is 10.4. The predicted molar refractivity (Wildman–Crippen MR) is 63.2 cm³/mol. The number of carboxylic acid groups (broad SMARTS) is 1. The number of rotatable bonds is 4. The Labute approximate surface area is 97.9 Å². The van der Waals surface area contributed by atoms with E-state index in [4.69, 9.17) is 5.11 Å². The highest BCUT2D eigenvalue weighted by molar-refractivity contribution is 5.71. The maximum absolute atomic E-state index is 11.2. The van der Waals surface area contributed by atoms with Gasteiger partial charge in [-0.25, -0.2) is 0 Å². The zero-order chi connectivity index (χ0) is 12.1. The second-order valence-corrected chi connectivity index (χ2v) is 5.35. The van der Waals surface area contributed by atoms with Gasteiger partial charge in [-0.1, -0.05) is 39.5 Å². The fourth-order valence-corrected chi connectivity index (χ4v) is 2.77. The molecule has 2 atom stereocenters. The van der Waals surface area contributed by atoms with Gasteiger partial charge < -0.3 is 10.2 Å². The van der Waals surface area contributed by atoms with E-state index in [0.29, 0.717) is 0 Å². The van der Waals surface area contributed by atoms with E-state index >= 15 is 0 Å². The number of aliphatic hydroxyl groups excluding tert-OH is 1. The number of hydrogen-bond acceptors (Lipinski definition) is 2. The van der Waals surface area contributed by atoms with E-state index in [1.165, 1.54) is 12.8 Å². The molecule has 94 valence electrons. The standard InChI is InChI=1S/C13H24O3/c1-9(2)11(13(15)16)12(14)10-7-5-3-4-6-8-10/h9-12,14H,3-8H2,1-2H3,(H,15,16). The zero-order valence-electron chi connectivity index (χ0n) is 10.4. The number of aliphatic hydroxyl groups is 1. The van der Waals surface area contributed by atoms with Crippen LogP contribution in [0.1, 0.15) is 52.4 Å². The average molecular weight is 228 g/mol. The highest BCUT2D eigenvalue weighted by Gasteiger charge is 2.34. The largest absolute Gasteiger partial charge is 0.481 e. The Balaban J connectivity index is 2.64. The molecule has 0 spiro atoms. The van der Waals surface area contributed by atoms with Crippen molar-refractivity contribution in [1.29, 1.82) is 0 Å². The molecular formula is C13H24O3. The minimum Gasteiger partial charge on any atom is -0.481 e. The SMILES string of the molecule is CC(C)C(C(=O)O)C(O)C1CCCCCC1. The summed E-state index contributed by atoms with van der Waals surface area (Å²) < 4.78 is 0. The molecule has 0 aromatic rings. The van der Waals surface area contributed by atoms with Gasteiger partial charge in [0.2, 0.25) is 0 Å². The first-order valence-electron chi connectivity index (χ1n) is 6.45. The summed E-state index contributed by atoms with van der Waals surface area (Å²) in [5.74, 6) is -1.28. The van der Waals surface area contributed by atoms with Crippen LogP contribution in [0.4, 0.5) is 0 Å². The minimum atomic E-state index is -0.855. The summed E-state index contributed by atoms with van der Waals surface area (Å²) in [5, 5.41) is 19.4. The number of carboxylic acids is 1. The molecule has 0 aliphatic heterocycles. The van der Waals surface area contributed by atoms with Crippen molar-refractivity contribution in [1.82, 2.24) is 0 Å². The summed E-state index contributed by atoms with van der Waals surface area (Å²) in [5.41, 5.74) is 0. The van der Waals surface area contributed by atoms with Crippen LogP contribution in [-0.4, -0.2) is 22.3 Å². The molecule has 1 aliphatic carbocycles. The van der Waals surface area contributed by atoms with Crippen LogP contribution in [0.25, 0.3) is 0 Å². The number of aliphatic carboxylic acids is 1. The molecule has 0 heterocycles. The lowest BCUT2D eigenvalue weighted by Crippen LogP contribution is -2.37. The normalized spacial score (nSPS) is 22.8. The van der Waals surface area contributed by atoms with Crippen molar-refractivity contribution in [2.75, 3.05) is 0 Å². The summed E-state index contributed by atoms with van der Waals surface area (Å²) in [6.45, 7) is 3.75. The van der Waals surface area contributed by atoms with E-state index in [1.807, 2.05) is 13.8 Å². The van der Waals surface area contributed by atoms with Gasteiger partial charge in [0.1, 0.15) is 0 Å². The third-order valence-corrected chi connectivity index (χ3v) is 3.75. The summed E-state index contributed by atoms with van der Waals surface area (Å²) in [6, 6.07) is 0. The van der Waals surface area contributed by atoms with Crippen molar-refractivity contribution in [3.63, 3.8) is 0 Å². The molecule has 3 heteroatoms. The average Bonchev–Trinajstić information content (AvgIpc) is 2.43. The smallest absolute Gasteiger partial charge is 0.309 e. The molecule has 16 heavy (non-hydrogen) atoms. The molecule has 1 fully saturated rings. The van der Waals surface area contributed by atoms with Gasteiger partial charge in [0.25, 0.3) is 0 Å². The van der Waals surface area contributed by atoms with Gasteiger partial charge in [0.15, 0.2) is 0 Å². The second-order valence-electron chi connectivity index (χ2n) is 5.35. The lowest BCUT2D eigenvalue weighted by Gasteiger charge is -2.29. The Morgan fingerprint density at radius 1 is 1.12 bits per heavy atom. The molecule has 0 bridgehead atoms. The summed E-state index contributed by atoms with van der Waals surface area (Å²) in [4.78, 5) is 11.2. The van der Waals surface area contributed by atoms with E-state index in [-0.39, 0.29) is 11.8 Å². The second kappa shape index (κ2) is 6.24. The highest BCUT2D eigenvalue weighted by Crippen LogP contribution is 2.31. The van der Waals surface area contributed by atoms with Crippen LogP contribution < -0.4 is 0 Å². The number of carbonyl (C=O) groups is 1. The molecule has 1 rings (SSSR count). The first-order chi connectivity index (χ1) is 7.54. The number of hydrogen-bond donors (Lipinski definition) is 2. The Morgan fingerprint density at radius 3 is 2.00 bits per heavy atom. The van der Waals surface area contributed by atoms with Crippen LogP contribution in [-0.2, 0) is 4.79 Å². The van der Waals surface area contributed by atoms with Crippen molar-refractivity contribution in [3.8, 4) is 0 Å². The molecule has 2 N–H and O–H groups in total. The Bertz CT molecular complexity index is 217. The topological polar surface area (TPSA) is 57.5 Å². The Hall–Kier alpha value is -0.570. The molecule has 1 aliphatic rings. The fraction of sp³-hybridized carbons (Fsp3) is 0.923. The third kappa shape index (κ3) is 3.48. The maximum atomic E-state index is 11.2. The first-order valence-corrected chi connectivity index (χ1v) is 6.45. The van der Waals surface area contributed by atoms with Gasteiger partial charge in [0.05, 0.1) is 12.0 Å². The molecule has 0 aromatic carbocycles. The van der Waals surface area contributed by atoms with Gasteiger partial charge in [-0.05, 0) is 24.7 Å². The van der Waals surface area contributed by atoms with Crippen LogP contribution in [0, 0.1) is 17.8 Å². The van der Waals surface area contributed by atoms with Gasteiger partial charge in [-0.2, -0.15) is 0 Å². The highest BCUT2D eigenvalue weighted by atomic mass is 16.4. The van der Waals surface area contributed by atoms with Gasteiger partial charge >= 0.3 is 5.97 Å². The molecule has 0 saturated heterocycles. The van der Waals surface area contributed by atoms with Gasteiger partial charge in [0, 0.05) is 0 Å². The fourth-order valence-electron chi connectivity index (χ4n) is 2.77. The molecule has 2 unspecified atom stereocenters. The van der Waals surface area contributed by atoms with Crippen molar-refractivity contribution in [2.45, 2.75) is 58.5 Å². The Morgan fingerprint density at radius 2 is 1.62 bits per heavy atom. The van der Waals surface area contributed by atoms with E-state index < -0.39 is 18.0 Å². The predicted octanol–water partition coefficient (Wildman–Crippen LogP) is 2.67.